The van der Waals surface area contributed by atoms with Crippen molar-refractivity contribution in [1.29, 1.82) is 0 Å². The predicted molar refractivity (Wildman–Crippen MR) is 96.2 cm³/mol. The topological polar surface area (TPSA) is 94.3 Å². The van der Waals surface area contributed by atoms with E-state index in [1.54, 1.807) is 37.4 Å². The smallest absolute Gasteiger partial charge is 0.251 e. The number of hydrogen-bond donors (Lipinski definition) is 1. The average Bonchev–Trinajstić information content (AvgIpc) is 3.11. The summed E-state index contributed by atoms with van der Waals surface area (Å²) in [5.74, 6) is 1.03. The molecule has 1 aromatic heterocycles. The summed E-state index contributed by atoms with van der Waals surface area (Å²) in [6.45, 7) is 3.69. The van der Waals surface area contributed by atoms with Crippen LogP contribution in [0.15, 0.2) is 51.8 Å². The molecule has 0 fully saturated rings. The summed E-state index contributed by atoms with van der Waals surface area (Å²) in [4.78, 5) is 0.199. The van der Waals surface area contributed by atoms with E-state index in [1.807, 2.05) is 26.0 Å². The van der Waals surface area contributed by atoms with E-state index < -0.39 is 10.0 Å². The molecular formula is C18H19N3O4S. The van der Waals surface area contributed by atoms with E-state index >= 15 is 0 Å². The number of rotatable bonds is 6. The van der Waals surface area contributed by atoms with Crippen LogP contribution in [0.25, 0.3) is 11.5 Å². The van der Waals surface area contributed by atoms with Gasteiger partial charge in [0, 0.05) is 0 Å². The molecule has 8 heteroatoms. The summed E-state index contributed by atoms with van der Waals surface area (Å²) >= 11 is 0. The van der Waals surface area contributed by atoms with Gasteiger partial charge in [0.1, 0.15) is 5.75 Å². The van der Waals surface area contributed by atoms with Crippen LogP contribution in [0.3, 0.4) is 0 Å². The first-order valence-electron chi connectivity index (χ1n) is 7.93. The van der Waals surface area contributed by atoms with Gasteiger partial charge >= 0.3 is 0 Å². The molecule has 0 unspecified atom stereocenters. The third-order valence-corrected chi connectivity index (χ3v) is 5.41. The molecule has 2 aromatic carbocycles. The Morgan fingerprint density at radius 3 is 2.58 bits per heavy atom. The van der Waals surface area contributed by atoms with Crippen LogP contribution in [0.5, 0.6) is 5.75 Å². The zero-order valence-electron chi connectivity index (χ0n) is 14.7. The van der Waals surface area contributed by atoms with Crippen molar-refractivity contribution in [3.63, 3.8) is 0 Å². The second kappa shape index (κ2) is 7.27. The maximum Gasteiger partial charge on any atom is 0.251 e. The van der Waals surface area contributed by atoms with E-state index in [0.29, 0.717) is 11.3 Å². The van der Waals surface area contributed by atoms with Crippen LogP contribution < -0.4 is 9.46 Å². The van der Waals surface area contributed by atoms with Crippen molar-refractivity contribution in [3.8, 4) is 17.2 Å². The second-order valence-electron chi connectivity index (χ2n) is 5.77. The van der Waals surface area contributed by atoms with Gasteiger partial charge in [0.15, 0.2) is 0 Å². The number of aromatic nitrogens is 2. The Kier molecular flexibility index (Phi) is 5.06. The molecule has 0 amide bonds. The summed E-state index contributed by atoms with van der Waals surface area (Å²) in [5.41, 5.74) is 2.58. The van der Waals surface area contributed by atoms with Gasteiger partial charge in [0.25, 0.3) is 5.89 Å². The fourth-order valence-electron chi connectivity index (χ4n) is 2.38. The molecular weight excluding hydrogens is 354 g/mol. The lowest BCUT2D eigenvalue weighted by atomic mass is 10.1. The van der Waals surface area contributed by atoms with E-state index in [-0.39, 0.29) is 23.2 Å². The minimum Gasteiger partial charge on any atom is -0.496 e. The Labute approximate surface area is 152 Å². The summed E-state index contributed by atoms with van der Waals surface area (Å²) in [5, 5.41) is 7.86. The van der Waals surface area contributed by atoms with Gasteiger partial charge in [-0.3, -0.25) is 0 Å². The van der Waals surface area contributed by atoms with Crippen LogP contribution in [-0.2, 0) is 16.6 Å². The van der Waals surface area contributed by atoms with Crippen LogP contribution in [0.4, 0.5) is 0 Å². The van der Waals surface area contributed by atoms with Gasteiger partial charge in [0.05, 0.1) is 24.1 Å². The van der Waals surface area contributed by atoms with Crippen molar-refractivity contribution in [3.05, 3.63) is 59.5 Å². The molecule has 3 rings (SSSR count). The summed E-state index contributed by atoms with van der Waals surface area (Å²) in [7, 11) is -2.12. The summed E-state index contributed by atoms with van der Waals surface area (Å²) in [6.07, 6.45) is 0. The molecule has 1 heterocycles. The molecule has 0 aliphatic carbocycles. The molecule has 0 spiro atoms. The average molecular weight is 373 g/mol. The molecule has 0 aliphatic rings. The lowest BCUT2D eigenvalue weighted by molar-refractivity contribution is 0.413. The van der Waals surface area contributed by atoms with Crippen molar-refractivity contribution in [2.45, 2.75) is 25.3 Å². The highest BCUT2D eigenvalue weighted by Crippen LogP contribution is 2.28. The molecule has 1 N–H and O–H groups in total. The van der Waals surface area contributed by atoms with Gasteiger partial charge in [-0.1, -0.05) is 18.2 Å². The van der Waals surface area contributed by atoms with Crippen LogP contribution in [-0.4, -0.2) is 25.7 Å². The van der Waals surface area contributed by atoms with E-state index in [2.05, 4.69) is 14.9 Å². The Hall–Kier alpha value is -2.71. The van der Waals surface area contributed by atoms with Crippen LogP contribution in [0, 0.1) is 13.8 Å². The highest BCUT2D eigenvalue weighted by Gasteiger charge is 2.17. The highest BCUT2D eigenvalue weighted by molar-refractivity contribution is 7.89. The van der Waals surface area contributed by atoms with E-state index in [9.17, 15) is 8.42 Å². The number of nitrogens with zero attached hydrogens (tertiary/aromatic N) is 2. The molecule has 0 bridgehead atoms. The molecule has 0 aliphatic heterocycles. The summed E-state index contributed by atoms with van der Waals surface area (Å²) < 4.78 is 38.1. The molecule has 136 valence electrons. The SMILES string of the molecule is COc1ccccc1-c1nnc(CNS(=O)(=O)c2ccc(C)c(C)c2)o1. The van der Waals surface area contributed by atoms with Crippen LogP contribution >= 0.6 is 0 Å². The first kappa shape index (κ1) is 18.1. The molecule has 0 saturated carbocycles. The third-order valence-electron chi connectivity index (χ3n) is 4.01. The molecule has 0 saturated heterocycles. The molecule has 0 atom stereocenters. The zero-order valence-corrected chi connectivity index (χ0v) is 15.5. The third kappa shape index (κ3) is 3.76. The number of sulfonamides is 1. The first-order valence-corrected chi connectivity index (χ1v) is 9.42. The minimum atomic E-state index is -3.67. The Morgan fingerprint density at radius 2 is 1.85 bits per heavy atom. The van der Waals surface area contributed by atoms with Crippen molar-refractivity contribution >= 4 is 10.0 Å². The fraction of sp³-hybridized carbons (Fsp3) is 0.222. The quantitative estimate of drug-likeness (QED) is 0.714. The van der Waals surface area contributed by atoms with Crippen molar-refractivity contribution in [2.24, 2.45) is 0 Å². The van der Waals surface area contributed by atoms with Gasteiger partial charge in [-0.25, -0.2) is 13.1 Å². The van der Waals surface area contributed by atoms with Gasteiger partial charge in [-0.05, 0) is 49.2 Å². The van der Waals surface area contributed by atoms with E-state index in [4.69, 9.17) is 9.15 Å². The maximum atomic E-state index is 12.4. The fourth-order valence-corrected chi connectivity index (χ4v) is 3.44. The summed E-state index contributed by atoms with van der Waals surface area (Å²) in [6, 6.07) is 12.2. The zero-order chi connectivity index (χ0) is 18.7. The molecule has 26 heavy (non-hydrogen) atoms. The largest absolute Gasteiger partial charge is 0.496 e. The number of aryl methyl sites for hydroxylation is 2. The minimum absolute atomic E-state index is 0.0998. The lowest BCUT2D eigenvalue weighted by Gasteiger charge is -2.07. The monoisotopic (exact) mass is 373 g/mol. The van der Waals surface area contributed by atoms with Crippen molar-refractivity contribution in [1.82, 2.24) is 14.9 Å². The van der Waals surface area contributed by atoms with Crippen molar-refractivity contribution in [2.75, 3.05) is 7.11 Å². The second-order valence-corrected chi connectivity index (χ2v) is 7.54. The Morgan fingerprint density at radius 1 is 1.08 bits per heavy atom. The van der Waals surface area contributed by atoms with Crippen LogP contribution in [0.1, 0.15) is 17.0 Å². The maximum absolute atomic E-state index is 12.4. The van der Waals surface area contributed by atoms with Gasteiger partial charge in [-0.15, -0.1) is 10.2 Å². The number of methoxy groups -OCH3 is 1. The van der Waals surface area contributed by atoms with Gasteiger partial charge in [0.2, 0.25) is 15.9 Å². The predicted octanol–water partition coefficient (Wildman–Crippen LogP) is 2.84. The number of ether oxygens (including phenoxy) is 1. The standard InChI is InChI=1S/C18H19N3O4S/c1-12-8-9-14(10-13(12)2)26(22,23)19-11-17-20-21-18(25-17)15-6-4-5-7-16(15)24-3/h4-10,19H,11H2,1-3H3. The normalized spacial score (nSPS) is 11.5. The van der Waals surface area contributed by atoms with Gasteiger partial charge < -0.3 is 9.15 Å². The number of para-hydroxylation sites is 1. The Balaban J connectivity index is 1.76. The van der Waals surface area contributed by atoms with Crippen molar-refractivity contribution < 1.29 is 17.6 Å². The number of benzene rings is 2. The van der Waals surface area contributed by atoms with Crippen LogP contribution in [0.2, 0.25) is 0 Å². The van der Waals surface area contributed by atoms with E-state index in [1.165, 1.54) is 0 Å². The molecule has 0 radical (unpaired) electrons. The molecule has 3 aromatic rings. The van der Waals surface area contributed by atoms with E-state index in [0.717, 1.165) is 11.1 Å². The molecule has 7 nitrogen and oxygen atoms in total. The first-order chi connectivity index (χ1) is 12.4. The number of nitrogens with one attached hydrogen (secondary N) is 1. The number of hydrogen-bond acceptors (Lipinski definition) is 6. The highest BCUT2D eigenvalue weighted by atomic mass is 32.2. The Bertz CT molecular complexity index is 1030. The van der Waals surface area contributed by atoms with Gasteiger partial charge in [-0.2, -0.15) is 0 Å². The lowest BCUT2D eigenvalue weighted by Crippen LogP contribution is -2.23.